The highest BCUT2D eigenvalue weighted by Crippen LogP contribution is 2.08. The number of primary amides is 1. The van der Waals surface area contributed by atoms with Gasteiger partial charge in [0.1, 0.15) is 5.82 Å². The number of nitrogens with one attached hydrogen (secondary N) is 1. The molecule has 0 aliphatic heterocycles. The number of hydrogen-bond acceptors (Lipinski definition) is 3. The first-order valence-corrected chi connectivity index (χ1v) is 4.72. The lowest BCUT2D eigenvalue weighted by Gasteiger charge is -2.12. The standard InChI is InChI=1S/C10H14FN3O/c1-7(13-5-4-10(12)15)9-3-2-8(11)6-14-9/h2-3,6-7,13H,4-5H2,1H3,(H2,12,15). The summed E-state index contributed by atoms with van der Waals surface area (Å²) in [6.07, 6.45) is 1.45. The Morgan fingerprint density at radius 1 is 1.67 bits per heavy atom. The van der Waals surface area contributed by atoms with E-state index in [2.05, 4.69) is 10.3 Å². The summed E-state index contributed by atoms with van der Waals surface area (Å²) in [5.74, 6) is -0.704. The van der Waals surface area contributed by atoms with E-state index in [0.29, 0.717) is 6.54 Å². The molecule has 5 heteroatoms. The fourth-order valence-corrected chi connectivity index (χ4v) is 1.16. The minimum atomic E-state index is -0.358. The van der Waals surface area contributed by atoms with Crippen molar-refractivity contribution in [3.8, 4) is 0 Å². The van der Waals surface area contributed by atoms with Gasteiger partial charge in [0.15, 0.2) is 0 Å². The number of aromatic nitrogens is 1. The highest BCUT2D eigenvalue weighted by Gasteiger charge is 2.06. The number of rotatable bonds is 5. The molecular formula is C10H14FN3O. The molecule has 0 saturated carbocycles. The van der Waals surface area contributed by atoms with Crippen LogP contribution in [0.25, 0.3) is 0 Å². The Morgan fingerprint density at radius 3 is 2.93 bits per heavy atom. The third-order valence-electron chi connectivity index (χ3n) is 2.02. The number of amides is 1. The molecule has 1 unspecified atom stereocenters. The van der Waals surface area contributed by atoms with Crippen molar-refractivity contribution in [3.05, 3.63) is 29.8 Å². The van der Waals surface area contributed by atoms with E-state index < -0.39 is 0 Å². The quantitative estimate of drug-likeness (QED) is 0.755. The van der Waals surface area contributed by atoms with E-state index in [-0.39, 0.29) is 24.2 Å². The van der Waals surface area contributed by atoms with Gasteiger partial charge in [-0.3, -0.25) is 9.78 Å². The van der Waals surface area contributed by atoms with Crippen LogP contribution in [-0.2, 0) is 4.79 Å². The molecule has 1 atom stereocenters. The molecule has 1 heterocycles. The van der Waals surface area contributed by atoms with Crippen LogP contribution in [0, 0.1) is 5.82 Å². The lowest BCUT2D eigenvalue weighted by molar-refractivity contribution is -0.117. The van der Waals surface area contributed by atoms with Crippen molar-refractivity contribution in [3.63, 3.8) is 0 Å². The normalized spacial score (nSPS) is 12.4. The van der Waals surface area contributed by atoms with Gasteiger partial charge in [-0.05, 0) is 19.1 Å². The minimum Gasteiger partial charge on any atom is -0.370 e. The van der Waals surface area contributed by atoms with Gasteiger partial charge in [0.2, 0.25) is 5.91 Å². The van der Waals surface area contributed by atoms with E-state index in [1.54, 1.807) is 6.07 Å². The van der Waals surface area contributed by atoms with E-state index in [1.165, 1.54) is 12.3 Å². The first kappa shape index (κ1) is 11.6. The zero-order chi connectivity index (χ0) is 11.3. The van der Waals surface area contributed by atoms with Gasteiger partial charge in [-0.15, -0.1) is 0 Å². The van der Waals surface area contributed by atoms with Crippen LogP contribution < -0.4 is 11.1 Å². The van der Waals surface area contributed by atoms with Crippen molar-refractivity contribution in [2.24, 2.45) is 5.73 Å². The van der Waals surface area contributed by atoms with Gasteiger partial charge in [-0.1, -0.05) is 0 Å². The number of carbonyl (C=O) groups is 1. The SMILES string of the molecule is CC(NCCC(N)=O)c1ccc(F)cn1. The van der Waals surface area contributed by atoms with Crippen LogP contribution in [0.5, 0.6) is 0 Å². The van der Waals surface area contributed by atoms with Crippen molar-refractivity contribution in [1.82, 2.24) is 10.3 Å². The Kier molecular flexibility index (Phi) is 4.17. The van der Waals surface area contributed by atoms with Gasteiger partial charge in [-0.2, -0.15) is 0 Å². The molecule has 0 bridgehead atoms. The maximum atomic E-state index is 12.6. The molecule has 1 aromatic heterocycles. The van der Waals surface area contributed by atoms with Gasteiger partial charge in [0.05, 0.1) is 11.9 Å². The van der Waals surface area contributed by atoms with Gasteiger partial charge >= 0.3 is 0 Å². The van der Waals surface area contributed by atoms with E-state index >= 15 is 0 Å². The molecule has 0 radical (unpaired) electrons. The Hall–Kier alpha value is -1.49. The molecule has 4 nitrogen and oxygen atoms in total. The second-order valence-electron chi connectivity index (χ2n) is 3.29. The van der Waals surface area contributed by atoms with Crippen LogP contribution in [0.4, 0.5) is 4.39 Å². The monoisotopic (exact) mass is 211 g/mol. The summed E-state index contributed by atoms with van der Waals surface area (Å²) in [7, 11) is 0. The molecule has 0 aliphatic carbocycles. The number of hydrogen-bond donors (Lipinski definition) is 2. The molecule has 0 fully saturated rings. The van der Waals surface area contributed by atoms with E-state index in [9.17, 15) is 9.18 Å². The molecule has 0 saturated heterocycles. The molecule has 1 aromatic rings. The number of carbonyl (C=O) groups excluding carboxylic acids is 1. The van der Waals surface area contributed by atoms with Crippen molar-refractivity contribution in [2.45, 2.75) is 19.4 Å². The lowest BCUT2D eigenvalue weighted by Crippen LogP contribution is -2.25. The third-order valence-corrected chi connectivity index (χ3v) is 2.02. The maximum absolute atomic E-state index is 12.6. The summed E-state index contributed by atoms with van der Waals surface area (Å²) in [6.45, 7) is 2.39. The summed E-state index contributed by atoms with van der Waals surface area (Å²) in [5, 5.41) is 3.06. The van der Waals surface area contributed by atoms with Crippen molar-refractivity contribution in [1.29, 1.82) is 0 Å². The molecule has 1 amide bonds. The summed E-state index contributed by atoms with van der Waals surface area (Å²) in [5.41, 5.74) is 5.73. The minimum absolute atomic E-state index is 0.0232. The highest BCUT2D eigenvalue weighted by molar-refractivity contribution is 5.73. The fraction of sp³-hybridized carbons (Fsp3) is 0.400. The number of nitrogens with two attached hydrogens (primary N) is 1. The largest absolute Gasteiger partial charge is 0.370 e. The average molecular weight is 211 g/mol. The Bertz CT molecular complexity index is 326. The van der Waals surface area contributed by atoms with Crippen molar-refractivity contribution in [2.75, 3.05) is 6.54 Å². The summed E-state index contributed by atoms with van der Waals surface area (Å²) >= 11 is 0. The molecule has 0 aliphatic rings. The molecule has 82 valence electrons. The average Bonchev–Trinajstić information content (AvgIpc) is 2.18. The van der Waals surface area contributed by atoms with Crippen LogP contribution in [-0.4, -0.2) is 17.4 Å². The Balaban J connectivity index is 2.43. The molecule has 15 heavy (non-hydrogen) atoms. The van der Waals surface area contributed by atoms with E-state index in [4.69, 9.17) is 5.73 Å². The highest BCUT2D eigenvalue weighted by atomic mass is 19.1. The van der Waals surface area contributed by atoms with E-state index in [0.717, 1.165) is 5.69 Å². The van der Waals surface area contributed by atoms with Gasteiger partial charge in [-0.25, -0.2) is 4.39 Å². The van der Waals surface area contributed by atoms with Crippen molar-refractivity contribution < 1.29 is 9.18 Å². The summed E-state index contributed by atoms with van der Waals surface area (Å²) in [4.78, 5) is 14.4. The smallest absolute Gasteiger partial charge is 0.218 e. The lowest BCUT2D eigenvalue weighted by atomic mass is 10.2. The number of halogens is 1. The summed E-state index contributed by atoms with van der Waals surface area (Å²) < 4.78 is 12.6. The first-order valence-electron chi connectivity index (χ1n) is 4.72. The van der Waals surface area contributed by atoms with Crippen LogP contribution in [0.15, 0.2) is 18.3 Å². The Labute approximate surface area is 87.7 Å². The van der Waals surface area contributed by atoms with Crippen LogP contribution in [0.2, 0.25) is 0 Å². The van der Waals surface area contributed by atoms with Crippen LogP contribution >= 0.6 is 0 Å². The summed E-state index contributed by atoms with van der Waals surface area (Å²) in [6, 6.07) is 2.94. The van der Waals surface area contributed by atoms with Gasteiger partial charge in [0, 0.05) is 19.0 Å². The predicted octanol–water partition coefficient (Wildman–Crippen LogP) is 0.747. The molecular weight excluding hydrogens is 197 g/mol. The second kappa shape index (κ2) is 5.41. The van der Waals surface area contributed by atoms with Crippen molar-refractivity contribution >= 4 is 5.91 Å². The topological polar surface area (TPSA) is 68.0 Å². The number of pyridine rings is 1. The molecule has 1 rings (SSSR count). The fourth-order valence-electron chi connectivity index (χ4n) is 1.16. The van der Waals surface area contributed by atoms with Gasteiger partial charge in [0.25, 0.3) is 0 Å². The Morgan fingerprint density at radius 2 is 2.40 bits per heavy atom. The number of nitrogens with zero attached hydrogens (tertiary/aromatic N) is 1. The zero-order valence-corrected chi connectivity index (χ0v) is 8.53. The maximum Gasteiger partial charge on any atom is 0.218 e. The molecule has 3 N–H and O–H groups in total. The first-order chi connectivity index (χ1) is 7.09. The molecule has 0 spiro atoms. The van der Waals surface area contributed by atoms with Crippen LogP contribution in [0.3, 0.4) is 0 Å². The van der Waals surface area contributed by atoms with Gasteiger partial charge < -0.3 is 11.1 Å². The van der Waals surface area contributed by atoms with E-state index in [1.807, 2.05) is 6.92 Å². The predicted molar refractivity (Wildman–Crippen MR) is 54.4 cm³/mol. The zero-order valence-electron chi connectivity index (χ0n) is 8.53. The second-order valence-corrected chi connectivity index (χ2v) is 3.29. The van der Waals surface area contributed by atoms with Crippen LogP contribution in [0.1, 0.15) is 25.1 Å². The molecule has 0 aromatic carbocycles. The third kappa shape index (κ3) is 4.03.